The van der Waals surface area contributed by atoms with Crippen molar-refractivity contribution in [2.24, 2.45) is 0 Å². The first-order chi connectivity index (χ1) is 7.06. The monoisotopic (exact) mass is 211 g/mol. The molecule has 0 aliphatic rings. The van der Waals surface area contributed by atoms with Crippen LogP contribution in [0.25, 0.3) is 0 Å². The second-order valence-electron chi connectivity index (χ2n) is 4.00. The highest BCUT2D eigenvalue weighted by Gasteiger charge is 2.25. The average Bonchev–Trinajstić information content (AvgIpc) is 2.62. The maximum absolute atomic E-state index is 4.24. The maximum atomic E-state index is 4.24. The predicted molar refractivity (Wildman–Crippen MR) is 61.9 cm³/mol. The summed E-state index contributed by atoms with van der Waals surface area (Å²) in [6, 6.07) is 0. The number of aromatic nitrogens is 3. The molecule has 0 aliphatic carbocycles. The van der Waals surface area contributed by atoms with Crippen molar-refractivity contribution in [3.63, 3.8) is 0 Å². The summed E-state index contributed by atoms with van der Waals surface area (Å²) < 4.78 is 2.10. The van der Waals surface area contributed by atoms with E-state index < -0.39 is 0 Å². The third-order valence-corrected chi connectivity index (χ3v) is 2.59. The Kier molecular flexibility index (Phi) is 3.68. The van der Waals surface area contributed by atoms with Gasteiger partial charge in [0, 0.05) is 13.1 Å². The number of nitrogens with one attached hydrogen (secondary N) is 2. The van der Waals surface area contributed by atoms with Gasteiger partial charge in [0.05, 0.1) is 5.54 Å². The predicted octanol–water partition coefficient (Wildman–Crippen LogP) is 1.18. The zero-order valence-electron chi connectivity index (χ0n) is 10.3. The van der Waals surface area contributed by atoms with E-state index in [0.29, 0.717) is 0 Å². The Morgan fingerprint density at radius 3 is 2.40 bits per heavy atom. The van der Waals surface area contributed by atoms with Gasteiger partial charge in [0.15, 0.2) is 5.82 Å². The summed E-state index contributed by atoms with van der Waals surface area (Å²) in [6.45, 7) is 10.1. The molecule has 86 valence electrons. The van der Waals surface area contributed by atoms with Crippen LogP contribution in [0.2, 0.25) is 0 Å². The second kappa shape index (κ2) is 4.61. The summed E-state index contributed by atoms with van der Waals surface area (Å²) in [4.78, 5) is 0. The minimum atomic E-state index is -0.156. The summed E-state index contributed by atoms with van der Waals surface area (Å²) in [5.74, 6) is 1.81. The van der Waals surface area contributed by atoms with E-state index in [1.165, 1.54) is 0 Å². The number of anilines is 1. The van der Waals surface area contributed by atoms with E-state index in [4.69, 9.17) is 0 Å². The van der Waals surface area contributed by atoms with E-state index in [1.54, 1.807) is 0 Å². The highest BCUT2D eigenvalue weighted by Crippen LogP contribution is 2.20. The lowest BCUT2D eigenvalue weighted by Gasteiger charge is -2.23. The first-order valence-corrected chi connectivity index (χ1v) is 5.43. The third-order valence-electron chi connectivity index (χ3n) is 2.59. The number of hydrogen-bond donors (Lipinski definition) is 2. The van der Waals surface area contributed by atoms with Gasteiger partial charge >= 0.3 is 0 Å². The van der Waals surface area contributed by atoms with Crippen LogP contribution in [0.5, 0.6) is 0 Å². The minimum Gasteiger partial charge on any atom is -0.355 e. The number of nitrogens with zero attached hydrogens (tertiary/aromatic N) is 3. The minimum absolute atomic E-state index is 0.156. The number of rotatable bonds is 5. The van der Waals surface area contributed by atoms with Gasteiger partial charge in [-0.25, -0.2) is 0 Å². The molecule has 5 heteroatoms. The topological polar surface area (TPSA) is 54.8 Å². The van der Waals surface area contributed by atoms with Crippen LogP contribution in [0.1, 0.15) is 33.5 Å². The van der Waals surface area contributed by atoms with E-state index in [-0.39, 0.29) is 5.54 Å². The molecule has 0 amide bonds. The molecule has 0 unspecified atom stereocenters. The van der Waals surface area contributed by atoms with Gasteiger partial charge in [-0.2, -0.15) is 0 Å². The molecular weight excluding hydrogens is 190 g/mol. The third kappa shape index (κ3) is 2.28. The summed E-state index contributed by atoms with van der Waals surface area (Å²) in [5, 5.41) is 14.8. The lowest BCUT2D eigenvalue weighted by molar-refractivity contribution is 0.397. The summed E-state index contributed by atoms with van der Waals surface area (Å²) in [5.41, 5.74) is -0.156. The Morgan fingerprint density at radius 2 is 1.93 bits per heavy atom. The van der Waals surface area contributed by atoms with Crippen LogP contribution in [0, 0.1) is 0 Å². The molecule has 1 heterocycles. The fourth-order valence-corrected chi connectivity index (χ4v) is 1.47. The van der Waals surface area contributed by atoms with Gasteiger partial charge in [0.2, 0.25) is 5.95 Å². The standard InChI is InChI=1S/C10H21N5/c1-6-12-9-14-13-8(15(9)7-2)10(3,4)11-5/h11H,6-7H2,1-5H3,(H,12,14). The van der Waals surface area contributed by atoms with Crippen molar-refractivity contribution < 1.29 is 0 Å². The SMILES string of the molecule is CCNc1nnc(C(C)(C)NC)n1CC. The van der Waals surface area contributed by atoms with E-state index in [0.717, 1.165) is 24.9 Å². The maximum Gasteiger partial charge on any atom is 0.224 e. The Bertz CT molecular complexity index is 316. The number of hydrogen-bond acceptors (Lipinski definition) is 4. The Morgan fingerprint density at radius 1 is 1.27 bits per heavy atom. The smallest absolute Gasteiger partial charge is 0.224 e. The van der Waals surface area contributed by atoms with Gasteiger partial charge in [0.25, 0.3) is 0 Å². The van der Waals surface area contributed by atoms with Gasteiger partial charge < -0.3 is 10.6 Å². The van der Waals surface area contributed by atoms with Gasteiger partial charge in [-0.3, -0.25) is 4.57 Å². The van der Waals surface area contributed by atoms with Crippen molar-refractivity contribution in [2.45, 2.75) is 39.8 Å². The molecule has 0 atom stereocenters. The zero-order chi connectivity index (χ0) is 11.5. The Balaban J connectivity index is 3.09. The van der Waals surface area contributed by atoms with Crippen LogP contribution >= 0.6 is 0 Å². The molecule has 1 aromatic heterocycles. The molecule has 1 aromatic rings. The van der Waals surface area contributed by atoms with Gasteiger partial charge in [-0.1, -0.05) is 0 Å². The summed E-state index contributed by atoms with van der Waals surface area (Å²) in [6.07, 6.45) is 0. The van der Waals surface area contributed by atoms with Gasteiger partial charge in [-0.05, 0) is 34.7 Å². The van der Waals surface area contributed by atoms with Crippen LogP contribution < -0.4 is 10.6 Å². The molecule has 0 radical (unpaired) electrons. The quantitative estimate of drug-likeness (QED) is 0.768. The van der Waals surface area contributed by atoms with Crippen LogP contribution in [0.3, 0.4) is 0 Å². The molecule has 0 aromatic carbocycles. The van der Waals surface area contributed by atoms with E-state index in [1.807, 2.05) is 7.05 Å². The van der Waals surface area contributed by atoms with E-state index >= 15 is 0 Å². The Labute approximate surface area is 91.3 Å². The van der Waals surface area contributed by atoms with Gasteiger partial charge in [0.1, 0.15) is 0 Å². The fraction of sp³-hybridized carbons (Fsp3) is 0.800. The molecule has 0 aliphatic heterocycles. The summed E-state index contributed by atoms with van der Waals surface area (Å²) in [7, 11) is 1.93. The second-order valence-corrected chi connectivity index (χ2v) is 4.00. The van der Waals surface area contributed by atoms with E-state index in [2.05, 4.69) is 53.1 Å². The van der Waals surface area contributed by atoms with Gasteiger partial charge in [-0.15, -0.1) is 10.2 Å². The molecule has 15 heavy (non-hydrogen) atoms. The van der Waals surface area contributed by atoms with Crippen LogP contribution in [-0.4, -0.2) is 28.4 Å². The molecule has 0 saturated carbocycles. The molecular formula is C10H21N5. The molecule has 1 rings (SSSR count). The average molecular weight is 211 g/mol. The lowest BCUT2D eigenvalue weighted by atomic mass is 10.1. The zero-order valence-corrected chi connectivity index (χ0v) is 10.3. The van der Waals surface area contributed by atoms with Crippen LogP contribution in [0.15, 0.2) is 0 Å². The molecule has 5 nitrogen and oxygen atoms in total. The molecule has 0 saturated heterocycles. The normalized spacial score (nSPS) is 11.8. The highest BCUT2D eigenvalue weighted by molar-refractivity contribution is 5.27. The van der Waals surface area contributed by atoms with Crippen molar-refractivity contribution in [3.05, 3.63) is 5.82 Å². The summed E-state index contributed by atoms with van der Waals surface area (Å²) >= 11 is 0. The lowest BCUT2D eigenvalue weighted by Crippen LogP contribution is -2.36. The first kappa shape index (κ1) is 12.0. The van der Waals surface area contributed by atoms with Crippen molar-refractivity contribution in [3.8, 4) is 0 Å². The Hall–Kier alpha value is -1.10. The van der Waals surface area contributed by atoms with Crippen molar-refractivity contribution in [1.29, 1.82) is 0 Å². The van der Waals surface area contributed by atoms with Crippen molar-refractivity contribution >= 4 is 5.95 Å². The van der Waals surface area contributed by atoms with Crippen LogP contribution in [0.4, 0.5) is 5.95 Å². The molecule has 0 bridgehead atoms. The van der Waals surface area contributed by atoms with Crippen molar-refractivity contribution in [2.75, 3.05) is 18.9 Å². The van der Waals surface area contributed by atoms with Crippen molar-refractivity contribution in [1.82, 2.24) is 20.1 Å². The molecule has 0 spiro atoms. The fourth-order valence-electron chi connectivity index (χ4n) is 1.47. The molecule has 0 fully saturated rings. The largest absolute Gasteiger partial charge is 0.355 e. The van der Waals surface area contributed by atoms with Crippen LogP contribution in [-0.2, 0) is 12.1 Å². The highest BCUT2D eigenvalue weighted by atomic mass is 15.4. The van der Waals surface area contributed by atoms with E-state index in [9.17, 15) is 0 Å². The first-order valence-electron chi connectivity index (χ1n) is 5.43. The molecule has 2 N–H and O–H groups in total.